The van der Waals surface area contributed by atoms with Crippen LogP contribution in [0.1, 0.15) is 43.7 Å². The summed E-state index contributed by atoms with van der Waals surface area (Å²) in [5.74, 6) is 0.615. The lowest BCUT2D eigenvalue weighted by Crippen LogP contribution is -2.47. The van der Waals surface area contributed by atoms with Crippen molar-refractivity contribution in [3.05, 3.63) is 65.5 Å². The van der Waals surface area contributed by atoms with Crippen LogP contribution in [0.4, 0.5) is 4.39 Å². The van der Waals surface area contributed by atoms with E-state index in [1.165, 1.54) is 12.1 Å². The highest BCUT2D eigenvalue weighted by atomic mass is 19.1. The number of aliphatic hydroxyl groups excluding tert-OH is 1. The van der Waals surface area contributed by atoms with Crippen molar-refractivity contribution in [2.24, 2.45) is 0 Å². The van der Waals surface area contributed by atoms with Crippen molar-refractivity contribution in [2.45, 2.75) is 44.9 Å². The third-order valence-electron chi connectivity index (χ3n) is 4.86. The zero-order chi connectivity index (χ0) is 19.1. The Hall–Kier alpha value is -2.17. The van der Waals surface area contributed by atoms with Gasteiger partial charge in [0.15, 0.2) is 6.23 Å². The number of benzene rings is 2. The van der Waals surface area contributed by atoms with Gasteiger partial charge in [-0.05, 0) is 54.7 Å². The van der Waals surface area contributed by atoms with Crippen LogP contribution in [-0.2, 0) is 0 Å². The minimum Gasteiger partial charge on any atom is -0.475 e. The van der Waals surface area contributed by atoms with Gasteiger partial charge in [-0.1, -0.05) is 49.8 Å². The predicted molar refractivity (Wildman–Crippen MR) is 108 cm³/mol. The number of likely N-dealkylation sites (tertiary alicyclic amines) is 1. The number of aliphatic hydroxyl groups is 1. The Morgan fingerprint density at radius 3 is 2.33 bits per heavy atom. The van der Waals surface area contributed by atoms with E-state index in [9.17, 15) is 9.50 Å². The Morgan fingerprint density at radius 1 is 1.11 bits per heavy atom. The molecular formula is C23H28FNO2. The summed E-state index contributed by atoms with van der Waals surface area (Å²) in [4.78, 5) is 2.25. The molecule has 0 radical (unpaired) electrons. The highest BCUT2D eigenvalue weighted by Gasteiger charge is 2.25. The molecule has 3 nitrogen and oxygen atoms in total. The summed E-state index contributed by atoms with van der Waals surface area (Å²) in [6.07, 6.45) is 7.59. The average Bonchev–Trinajstić information content (AvgIpc) is 2.68. The van der Waals surface area contributed by atoms with Crippen molar-refractivity contribution >= 4 is 12.2 Å². The highest BCUT2D eigenvalue weighted by Crippen LogP contribution is 2.21. The summed E-state index contributed by atoms with van der Waals surface area (Å²) in [6.45, 7) is 3.81. The minimum absolute atomic E-state index is 0.00515. The quantitative estimate of drug-likeness (QED) is 0.701. The smallest absolute Gasteiger partial charge is 0.152 e. The van der Waals surface area contributed by atoms with Gasteiger partial charge in [-0.15, -0.1) is 0 Å². The van der Waals surface area contributed by atoms with E-state index in [4.69, 9.17) is 4.74 Å². The van der Waals surface area contributed by atoms with Crippen molar-refractivity contribution in [1.82, 2.24) is 4.90 Å². The van der Waals surface area contributed by atoms with Crippen LogP contribution in [0.5, 0.6) is 5.75 Å². The third kappa shape index (κ3) is 5.91. The minimum atomic E-state index is -0.249. The molecule has 27 heavy (non-hydrogen) atoms. The van der Waals surface area contributed by atoms with Gasteiger partial charge in [0.1, 0.15) is 11.6 Å². The SMILES string of the molecule is CCCC(Oc1ccc(/C=C/c2ccc(F)cc2)cc1)N1CCCC(O)C1. The van der Waals surface area contributed by atoms with E-state index in [0.29, 0.717) is 6.54 Å². The van der Waals surface area contributed by atoms with Gasteiger partial charge in [0.05, 0.1) is 6.10 Å². The molecule has 2 aromatic rings. The Kier molecular flexibility index (Phi) is 7.02. The van der Waals surface area contributed by atoms with Gasteiger partial charge < -0.3 is 9.84 Å². The van der Waals surface area contributed by atoms with Crippen LogP contribution in [-0.4, -0.2) is 35.4 Å². The second kappa shape index (κ2) is 9.67. The summed E-state index contributed by atoms with van der Waals surface area (Å²) < 4.78 is 19.2. The lowest BCUT2D eigenvalue weighted by Gasteiger charge is -2.36. The molecule has 0 amide bonds. The van der Waals surface area contributed by atoms with Gasteiger partial charge in [-0.2, -0.15) is 0 Å². The maximum atomic E-state index is 13.0. The molecule has 1 fully saturated rings. The zero-order valence-corrected chi connectivity index (χ0v) is 15.9. The van der Waals surface area contributed by atoms with Gasteiger partial charge in [-0.3, -0.25) is 4.90 Å². The van der Waals surface area contributed by atoms with E-state index in [0.717, 1.165) is 49.1 Å². The maximum absolute atomic E-state index is 13.0. The van der Waals surface area contributed by atoms with Crippen LogP contribution in [0.25, 0.3) is 12.2 Å². The second-order valence-corrected chi connectivity index (χ2v) is 7.11. The van der Waals surface area contributed by atoms with Gasteiger partial charge in [0.2, 0.25) is 0 Å². The van der Waals surface area contributed by atoms with Gasteiger partial charge >= 0.3 is 0 Å². The van der Waals surface area contributed by atoms with Crippen LogP contribution in [0.15, 0.2) is 48.5 Å². The fraction of sp³-hybridized carbons (Fsp3) is 0.391. The van der Waals surface area contributed by atoms with Gasteiger partial charge in [0, 0.05) is 13.1 Å². The number of nitrogens with zero attached hydrogens (tertiary/aromatic N) is 1. The van der Waals surface area contributed by atoms with Crippen molar-refractivity contribution in [3.63, 3.8) is 0 Å². The number of ether oxygens (including phenoxy) is 1. The molecule has 2 aromatic carbocycles. The van der Waals surface area contributed by atoms with Crippen molar-refractivity contribution in [3.8, 4) is 5.75 Å². The number of rotatable bonds is 7. The molecule has 1 saturated heterocycles. The third-order valence-corrected chi connectivity index (χ3v) is 4.86. The fourth-order valence-electron chi connectivity index (χ4n) is 3.39. The fourth-order valence-corrected chi connectivity index (χ4v) is 3.39. The summed E-state index contributed by atoms with van der Waals surface area (Å²) >= 11 is 0. The molecule has 1 aliphatic rings. The predicted octanol–water partition coefficient (Wildman–Crippen LogP) is 4.96. The molecule has 4 heteroatoms. The Balaban J connectivity index is 1.62. The van der Waals surface area contributed by atoms with Gasteiger partial charge in [0.25, 0.3) is 0 Å². The summed E-state index contributed by atoms with van der Waals surface area (Å²) in [7, 11) is 0. The van der Waals surface area contributed by atoms with Crippen LogP contribution < -0.4 is 4.74 Å². The normalized spacial score (nSPS) is 19.3. The van der Waals surface area contributed by atoms with Crippen LogP contribution >= 0.6 is 0 Å². The molecule has 0 aromatic heterocycles. The van der Waals surface area contributed by atoms with Crippen molar-refractivity contribution in [2.75, 3.05) is 13.1 Å². The topological polar surface area (TPSA) is 32.7 Å². The van der Waals surface area contributed by atoms with E-state index in [1.807, 2.05) is 36.4 Å². The van der Waals surface area contributed by atoms with E-state index in [-0.39, 0.29) is 18.1 Å². The molecule has 3 rings (SSSR count). The Labute approximate surface area is 161 Å². The first-order chi connectivity index (χ1) is 13.1. The molecule has 2 atom stereocenters. The monoisotopic (exact) mass is 369 g/mol. The second-order valence-electron chi connectivity index (χ2n) is 7.11. The average molecular weight is 369 g/mol. The largest absolute Gasteiger partial charge is 0.475 e. The molecule has 0 aliphatic carbocycles. The molecule has 1 heterocycles. The number of halogens is 1. The number of piperidine rings is 1. The number of β-amino-alcohol motifs (C(OH)–C–C–N with tert-alkyl or cyclic N) is 1. The molecule has 1 aliphatic heterocycles. The summed E-state index contributed by atoms with van der Waals surface area (Å²) in [6, 6.07) is 14.4. The molecular weight excluding hydrogens is 341 g/mol. The zero-order valence-electron chi connectivity index (χ0n) is 15.9. The molecule has 0 bridgehead atoms. The summed E-state index contributed by atoms with van der Waals surface area (Å²) in [5, 5.41) is 9.94. The van der Waals surface area contributed by atoms with Crippen LogP contribution in [0, 0.1) is 5.82 Å². The van der Waals surface area contributed by atoms with Gasteiger partial charge in [-0.25, -0.2) is 4.39 Å². The Morgan fingerprint density at radius 2 is 1.74 bits per heavy atom. The number of hydrogen-bond acceptors (Lipinski definition) is 3. The Bertz CT molecular complexity index is 727. The van der Waals surface area contributed by atoms with E-state index in [1.54, 1.807) is 12.1 Å². The van der Waals surface area contributed by atoms with E-state index < -0.39 is 0 Å². The highest BCUT2D eigenvalue weighted by molar-refractivity contribution is 5.69. The maximum Gasteiger partial charge on any atom is 0.152 e. The van der Waals surface area contributed by atoms with Crippen LogP contribution in [0.2, 0.25) is 0 Å². The molecule has 2 unspecified atom stereocenters. The van der Waals surface area contributed by atoms with Crippen molar-refractivity contribution < 1.29 is 14.2 Å². The van der Waals surface area contributed by atoms with Crippen molar-refractivity contribution in [1.29, 1.82) is 0 Å². The first kappa shape index (κ1) is 19.6. The number of hydrogen-bond donors (Lipinski definition) is 1. The van der Waals surface area contributed by atoms with Crippen LogP contribution in [0.3, 0.4) is 0 Å². The lowest BCUT2D eigenvalue weighted by atomic mass is 10.1. The molecule has 0 saturated carbocycles. The molecule has 144 valence electrons. The lowest BCUT2D eigenvalue weighted by molar-refractivity contribution is -0.0330. The first-order valence-corrected chi connectivity index (χ1v) is 9.76. The molecule has 0 spiro atoms. The standard InChI is InChI=1S/C23H28FNO2/c1-2-4-23(25-16-3-5-21(26)17-25)27-22-14-10-19(11-15-22)7-6-18-8-12-20(24)13-9-18/h6-15,21,23,26H,2-5,16-17H2,1H3/b7-6+. The summed E-state index contributed by atoms with van der Waals surface area (Å²) in [5.41, 5.74) is 2.02. The first-order valence-electron chi connectivity index (χ1n) is 9.76. The molecule has 1 N–H and O–H groups in total. The van der Waals surface area contributed by atoms with E-state index >= 15 is 0 Å². The van der Waals surface area contributed by atoms with E-state index in [2.05, 4.69) is 11.8 Å².